The average molecular weight is 395 g/mol. The van der Waals surface area contributed by atoms with Gasteiger partial charge in [-0.25, -0.2) is 4.98 Å². The Morgan fingerprint density at radius 2 is 1.92 bits per heavy atom. The Morgan fingerprint density at radius 1 is 1.15 bits per heavy atom. The third-order valence-corrected chi connectivity index (χ3v) is 6.61. The van der Waals surface area contributed by atoms with Crippen molar-refractivity contribution >= 4 is 40.8 Å². The van der Waals surface area contributed by atoms with Gasteiger partial charge in [-0.15, -0.1) is 12.4 Å². The molecular formula is C19H27ClN4OS. The number of piperidine rings is 1. The second-order valence-corrected chi connectivity index (χ2v) is 8.42. The Kier molecular flexibility index (Phi) is 6.84. The summed E-state index contributed by atoms with van der Waals surface area (Å²) < 4.78 is 0. The van der Waals surface area contributed by atoms with Crippen LogP contribution in [0.25, 0.3) is 10.9 Å². The number of nitrogens with zero attached hydrogens (tertiary/aromatic N) is 1. The first-order valence-corrected chi connectivity index (χ1v) is 10.4. The minimum absolute atomic E-state index is 0. The van der Waals surface area contributed by atoms with Crippen LogP contribution in [0.4, 0.5) is 5.69 Å². The lowest BCUT2D eigenvalue weighted by molar-refractivity contribution is 0.531. The second kappa shape index (κ2) is 9.11. The van der Waals surface area contributed by atoms with Crippen LogP contribution in [0, 0.1) is 0 Å². The largest absolute Gasteiger partial charge is 0.382 e. The molecule has 5 nitrogen and oxygen atoms in total. The molecular weight excluding hydrogens is 368 g/mol. The number of anilines is 1. The Balaban J connectivity index is 0.00000196. The summed E-state index contributed by atoms with van der Waals surface area (Å²) in [6.07, 6.45) is 7.47. The van der Waals surface area contributed by atoms with Crippen LogP contribution in [0.5, 0.6) is 0 Å². The van der Waals surface area contributed by atoms with Gasteiger partial charge in [-0.2, -0.15) is 11.8 Å². The molecule has 0 atom stereocenters. The van der Waals surface area contributed by atoms with Gasteiger partial charge in [0.1, 0.15) is 5.82 Å². The quantitative estimate of drug-likeness (QED) is 0.721. The number of nitrogens with one attached hydrogen (secondary N) is 3. The van der Waals surface area contributed by atoms with Crippen LogP contribution in [-0.4, -0.2) is 34.3 Å². The van der Waals surface area contributed by atoms with E-state index in [1.54, 1.807) is 0 Å². The lowest BCUT2D eigenvalue weighted by Crippen LogP contribution is -2.29. The van der Waals surface area contributed by atoms with Crippen molar-refractivity contribution in [1.29, 1.82) is 0 Å². The molecule has 1 saturated heterocycles. The molecule has 2 heterocycles. The molecule has 2 aromatic rings. The molecule has 0 unspecified atom stereocenters. The van der Waals surface area contributed by atoms with Crippen LogP contribution >= 0.6 is 24.2 Å². The van der Waals surface area contributed by atoms with Crippen LogP contribution in [0.1, 0.15) is 44.3 Å². The summed E-state index contributed by atoms with van der Waals surface area (Å²) in [6.45, 7) is 2.19. The zero-order chi connectivity index (χ0) is 17.1. The first-order chi connectivity index (χ1) is 12.3. The van der Waals surface area contributed by atoms with Gasteiger partial charge < -0.3 is 15.6 Å². The molecule has 1 aliphatic carbocycles. The standard InChI is InChI=1S/C19H26N4OS.ClH/c24-19-16-6-5-14(21-13-3-1-2-4-13)11-17(16)22-18(23-19)12-25-15-7-9-20-10-8-15;/h5-6,11,13,15,20-21H,1-4,7-10,12H2,(H,22,23,24);1H. The zero-order valence-corrected chi connectivity index (χ0v) is 16.6. The van der Waals surface area contributed by atoms with Gasteiger partial charge >= 0.3 is 0 Å². The predicted octanol–water partition coefficient (Wildman–Crippen LogP) is 3.68. The summed E-state index contributed by atoms with van der Waals surface area (Å²) in [6, 6.07) is 6.49. The third-order valence-electron chi connectivity index (χ3n) is 5.22. The van der Waals surface area contributed by atoms with Crippen molar-refractivity contribution in [2.45, 2.75) is 55.6 Å². The van der Waals surface area contributed by atoms with E-state index in [-0.39, 0.29) is 18.0 Å². The van der Waals surface area contributed by atoms with Gasteiger partial charge in [0.25, 0.3) is 5.56 Å². The Hall–Kier alpha value is -1.24. The van der Waals surface area contributed by atoms with Crippen molar-refractivity contribution in [1.82, 2.24) is 15.3 Å². The molecule has 0 spiro atoms. The van der Waals surface area contributed by atoms with Gasteiger partial charge in [-0.1, -0.05) is 12.8 Å². The van der Waals surface area contributed by atoms with E-state index in [2.05, 4.69) is 15.6 Å². The molecule has 2 fully saturated rings. The molecule has 26 heavy (non-hydrogen) atoms. The highest BCUT2D eigenvalue weighted by molar-refractivity contribution is 7.99. The Labute approximate surface area is 164 Å². The van der Waals surface area contributed by atoms with Crippen LogP contribution in [0.15, 0.2) is 23.0 Å². The van der Waals surface area contributed by atoms with Gasteiger partial charge in [0.15, 0.2) is 0 Å². The molecule has 3 N–H and O–H groups in total. The minimum atomic E-state index is -0.0293. The summed E-state index contributed by atoms with van der Waals surface area (Å²) in [7, 11) is 0. The van der Waals surface area contributed by atoms with Gasteiger partial charge in [-0.05, 0) is 57.0 Å². The number of hydrogen-bond donors (Lipinski definition) is 3. The highest BCUT2D eigenvalue weighted by Crippen LogP contribution is 2.25. The van der Waals surface area contributed by atoms with Crippen LogP contribution in [0.3, 0.4) is 0 Å². The number of halogens is 1. The van der Waals surface area contributed by atoms with Gasteiger partial charge in [-0.3, -0.25) is 4.79 Å². The first-order valence-electron chi connectivity index (χ1n) is 9.40. The van der Waals surface area contributed by atoms with Gasteiger partial charge in [0.2, 0.25) is 0 Å². The molecule has 1 aromatic carbocycles. The molecule has 1 aromatic heterocycles. The zero-order valence-electron chi connectivity index (χ0n) is 14.9. The molecule has 1 aliphatic heterocycles. The fourth-order valence-electron chi connectivity index (χ4n) is 3.81. The number of H-pyrrole nitrogens is 1. The fourth-order valence-corrected chi connectivity index (χ4v) is 4.91. The molecule has 2 aliphatic rings. The van der Waals surface area contributed by atoms with Crippen molar-refractivity contribution in [2.24, 2.45) is 0 Å². The highest BCUT2D eigenvalue weighted by Gasteiger charge is 2.16. The molecule has 7 heteroatoms. The maximum atomic E-state index is 12.4. The normalized spacial score (nSPS) is 18.8. The van der Waals surface area contributed by atoms with E-state index in [0.29, 0.717) is 16.7 Å². The SMILES string of the molecule is Cl.O=c1[nH]c(CSC2CCNCC2)nc2cc(NC3CCCC3)ccc12. The van der Waals surface area contributed by atoms with E-state index in [4.69, 9.17) is 4.98 Å². The highest BCUT2D eigenvalue weighted by atomic mass is 35.5. The monoisotopic (exact) mass is 394 g/mol. The fraction of sp³-hybridized carbons (Fsp3) is 0.579. The van der Waals surface area contributed by atoms with Crippen molar-refractivity contribution in [3.63, 3.8) is 0 Å². The van der Waals surface area contributed by atoms with Gasteiger partial charge in [0.05, 0.1) is 16.7 Å². The summed E-state index contributed by atoms with van der Waals surface area (Å²) in [5, 5.41) is 8.32. The smallest absolute Gasteiger partial charge is 0.258 e. The number of hydrogen-bond acceptors (Lipinski definition) is 5. The number of thioether (sulfide) groups is 1. The number of fused-ring (bicyclic) bond motifs is 1. The first kappa shape index (κ1) is 19.5. The van der Waals surface area contributed by atoms with E-state index in [0.717, 1.165) is 35.9 Å². The third kappa shape index (κ3) is 4.72. The Morgan fingerprint density at radius 3 is 2.69 bits per heavy atom. The van der Waals surface area contributed by atoms with Crippen LogP contribution in [0.2, 0.25) is 0 Å². The van der Waals surface area contributed by atoms with E-state index < -0.39 is 0 Å². The predicted molar refractivity (Wildman–Crippen MR) is 113 cm³/mol. The lowest BCUT2D eigenvalue weighted by atomic mass is 10.2. The molecule has 0 bridgehead atoms. The van der Waals surface area contributed by atoms with Crippen molar-refractivity contribution < 1.29 is 0 Å². The Bertz CT molecular complexity index is 785. The summed E-state index contributed by atoms with van der Waals surface area (Å²) in [5.74, 6) is 1.56. The molecule has 0 radical (unpaired) electrons. The number of aromatic nitrogens is 2. The molecule has 0 amide bonds. The van der Waals surface area contributed by atoms with Gasteiger partial charge in [0, 0.05) is 17.0 Å². The molecule has 142 valence electrons. The van der Waals surface area contributed by atoms with Crippen molar-refractivity contribution in [2.75, 3.05) is 18.4 Å². The summed E-state index contributed by atoms with van der Waals surface area (Å²) in [4.78, 5) is 20.1. The molecule has 4 rings (SSSR count). The topological polar surface area (TPSA) is 69.8 Å². The average Bonchev–Trinajstić information content (AvgIpc) is 3.14. The lowest BCUT2D eigenvalue weighted by Gasteiger charge is -2.21. The van der Waals surface area contributed by atoms with Crippen LogP contribution in [-0.2, 0) is 5.75 Å². The summed E-state index contributed by atoms with van der Waals surface area (Å²) >= 11 is 1.91. The maximum Gasteiger partial charge on any atom is 0.258 e. The minimum Gasteiger partial charge on any atom is -0.382 e. The maximum absolute atomic E-state index is 12.4. The second-order valence-electron chi connectivity index (χ2n) is 7.13. The van der Waals surface area contributed by atoms with Crippen molar-refractivity contribution in [3.05, 3.63) is 34.4 Å². The van der Waals surface area contributed by atoms with E-state index in [1.807, 2.05) is 30.0 Å². The van der Waals surface area contributed by atoms with E-state index in [1.165, 1.54) is 38.5 Å². The van der Waals surface area contributed by atoms with E-state index in [9.17, 15) is 4.79 Å². The van der Waals surface area contributed by atoms with Crippen LogP contribution < -0.4 is 16.2 Å². The number of rotatable bonds is 5. The van der Waals surface area contributed by atoms with Crippen molar-refractivity contribution in [3.8, 4) is 0 Å². The number of benzene rings is 1. The summed E-state index contributed by atoms with van der Waals surface area (Å²) in [5.41, 5.74) is 1.85. The number of aromatic amines is 1. The molecule has 1 saturated carbocycles. The van der Waals surface area contributed by atoms with E-state index >= 15 is 0 Å².